The van der Waals surface area contributed by atoms with Gasteiger partial charge in [-0.3, -0.25) is 10.1 Å². The molecule has 0 radical (unpaired) electrons. The molecule has 0 bridgehead atoms. The van der Waals surface area contributed by atoms with Crippen molar-refractivity contribution in [2.75, 3.05) is 49.1 Å². The van der Waals surface area contributed by atoms with Crippen LogP contribution in [0.1, 0.15) is 24.0 Å². The maximum Gasteiger partial charge on any atom is 0.296 e. The van der Waals surface area contributed by atoms with E-state index in [0.29, 0.717) is 57.2 Å². The number of nitrogens with one attached hydrogen (secondary N) is 1. The Labute approximate surface area is 236 Å². The second-order valence-corrected chi connectivity index (χ2v) is 12.3. The third-order valence-electron chi connectivity index (χ3n) is 7.11. The Balaban J connectivity index is 1.26. The first-order valence-electron chi connectivity index (χ1n) is 13.0. The molecule has 3 aromatic rings. The molecule has 13 nitrogen and oxygen atoms in total. The number of ether oxygens (including phenoxy) is 2. The molecular formula is C25H31N7O6S2. The molecule has 5 rings (SSSR count). The van der Waals surface area contributed by atoms with Crippen molar-refractivity contribution in [2.24, 2.45) is 0 Å². The number of morpholine rings is 1. The van der Waals surface area contributed by atoms with E-state index in [4.69, 9.17) is 9.47 Å². The monoisotopic (exact) mass is 589 g/mol. The molecule has 1 N–H and O–H groups in total. The molecule has 2 fully saturated rings. The average molecular weight is 590 g/mol. The first-order valence-corrected chi connectivity index (χ1v) is 15.3. The summed E-state index contributed by atoms with van der Waals surface area (Å²) < 4.78 is 40.9. The molecular weight excluding hydrogens is 558 g/mol. The quantitative estimate of drug-likeness (QED) is 0.289. The van der Waals surface area contributed by atoms with E-state index < -0.39 is 21.1 Å². The fourth-order valence-corrected chi connectivity index (χ4v) is 6.92. The zero-order chi connectivity index (χ0) is 28.3. The summed E-state index contributed by atoms with van der Waals surface area (Å²) in [5.74, 6) is 0.594. The summed E-state index contributed by atoms with van der Waals surface area (Å²) in [5, 5.41) is 20.8. The number of nitro benzene ring substituents is 1. The van der Waals surface area contributed by atoms with Crippen LogP contribution in [0.25, 0.3) is 0 Å². The third-order valence-corrected chi connectivity index (χ3v) is 9.43. The van der Waals surface area contributed by atoms with Gasteiger partial charge in [-0.05, 0) is 32.0 Å². The fraction of sp³-hybridized carbons (Fsp3) is 0.480. The number of rotatable bonds is 9. The maximum absolute atomic E-state index is 13.3. The van der Waals surface area contributed by atoms with Gasteiger partial charge < -0.3 is 19.3 Å². The van der Waals surface area contributed by atoms with E-state index in [1.54, 1.807) is 11.7 Å². The van der Waals surface area contributed by atoms with Crippen molar-refractivity contribution >= 4 is 37.9 Å². The lowest BCUT2D eigenvalue weighted by Crippen LogP contribution is -2.47. The van der Waals surface area contributed by atoms with Gasteiger partial charge in [0.1, 0.15) is 17.3 Å². The molecule has 1 atom stereocenters. The molecule has 2 aliphatic rings. The number of nitro groups is 1. The van der Waals surface area contributed by atoms with E-state index in [1.165, 1.54) is 30.4 Å². The van der Waals surface area contributed by atoms with E-state index in [0.717, 1.165) is 10.7 Å². The molecule has 4 heterocycles. The largest absolute Gasteiger partial charge is 0.474 e. The molecule has 2 saturated heterocycles. The van der Waals surface area contributed by atoms with Crippen LogP contribution in [0.3, 0.4) is 0 Å². The van der Waals surface area contributed by atoms with Crippen molar-refractivity contribution in [2.45, 2.75) is 43.8 Å². The van der Waals surface area contributed by atoms with Crippen LogP contribution in [0.5, 0.6) is 5.88 Å². The summed E-state index contributed by atoms with van der Waals surface area (Å²) in [4.78, 5) is 19.7. The van der Waals surface area contributed by atoms with E-state index in [1.807, 2.05) is 28.9 Å². The second-order valence-electron chi connectivity index (χ2n) is 9.76. The van der Waals surface area contributed by atoms with E-state index in [-0.39, 0.29) is 28.8 Å². The third kappa shape index (κ3) is 6.16. The van der Waals surface area contributed by atoms with Crippen LogP contribution >= 0.6 is 11.3 Å². The number of aryl methyl sites for hydroxylation is 1. The number of hydrogen-bond acceptors (Lipinski definition) is 12. The Hall–Kier alpha value is -3.40. The van der Waals surface area contributed by atoms with Crippen molar-refractivity contribution in [3.8, 4) is 5.88 Å². The molecule has 0 aliphatic carbocycles. The Morgan fingerprint density at radius 1 is 1.20 bits per heavy atom. The van der Waals surface area contributed by atoms with Crippen LogP contribution in [-0.4, -0.2) is 80.1 Å². The van der Waals surface area contributed by atoms with Gasteiger partial charge in [-0.15, -0.1) is 10.2 Å². The maximum atomic E-state index is 13.3. The van der Waals surface area contributed by atoms with Gasteiger partial charge in [0, 0.05) is 62.9 Å². The Bertz CT molecular complexity index is 1450. The summed E-state index contributed by atoms with van der Waals surface area (Å²) in [6.07, 6.45) is 2.54. The molecule has 1 unspecified atom stereocenters. The van der Waals surface area contributed by atoms with Gasteiger partial charge in [0.25, 0.3) is 5.69 Å². The van der Waals surface area contributed by atoms with Gasteiger partial charge in [-0.2, -0.15) is 0 Å². The van der Waals surface area contributed by atoms with Crippen molar-refractivity contribution in [1.29, 1.82) is 0 Å². The Kier molecular flexibility index (Phi) is 8.44. The van der Waals surface area contributed by atoms with Gasteiger partial charge in [0.15, 0.2) is 0 Å². The first-order chi connectivity index (χ1) is 19.2. The topological polar surface area (TPSA) is 153 Å². The fourth-order valence-electron chi connectivity index (χ4n) is 5.01. The van der Waals surface area contributed by atoms with Crippen LogP contribution in [0, 0.1) is 24.0 Å². The molecule has 0 spiro atoms. The second kappa shape index (κ2) is 12.0. The first kappa shape index (κ1) is 28.1. The van der Waals surface area contributed by atoms with Crippen LogP contribution < -0.4 is 19.3 Å². The van der Waals surface area contributed by atoms with Crippen LogP contribution in [-0.2, 0) is 14.8 Å². The summed E-state index contributed by atoms with van der Waals surface area (Å²) in [6, 6.07) is 6.75. The van der Waals surface area contributed by atoms with E-state index in [9.17, 15) is 18.5 Å². The van der Waals surface area contributed by atoms with Gasteiger partial charge >= 0.3 is 0 Å². The minimum Gasteiger partial charge on any atom is -0.474 e. The number of pyridine rings is 1. The van der Waals surface area contributed by atoms with Crippen molar-refractivity contribution in [1.82, 2.24) is 19.9 Å². The number of sulfonamides is 1. The number of aromatic nitrogens is 3. The molecule has 0 amide bonds. The molecule has 40 heavy (non-hydrogen) atoms. The highest BCUT2D eigenvalue weighted by atomic mass is 32.2. The molecule has 214 valence electrons. The zero-order valence-corrected chi connectivity index (χ0v) is 23.9. The lowest BCUT2D eigenvalue weighted by Gasteiger charge is -2.33. The summed E-state index contributed by atoms with van der Waals surface area (Å²) in [6.45, 7) is 6.02. The number of hydrogen-bond donors (Lipinski definition) is 1. The SMILES string of the molecule is Cc1cccnc1OC1CCN(c2ccc(S(=O)(=O)NCC3CN(c4nncs4)CCO3)c(C)c2[N+](=O)[O-])CC1. The normalized spacial score (nSPS) is 18.6. The highest BCUT2D eigenvalue weighted by Gasteiger charge is 2.32. The van der Waals surface area contributed by atoms with Gasteiger partial charge in [-0.25, -0.2) is 18.1 Å². The predicted octanol–water partition coefficient (Wildman–Crippen LogP) is 2.69. The van der Waals surface area contributed by atoms with Gasteiger partial charge in [0.05, 0.1) is 22.5 Å². The number of benzene rings is 1. The number of anilines is 2. The van der Waals surface area contributed by atoms with Gasteiger partial charge in [0.2, 0.25) is 21.0 Å². The van der Waals surface area contributed by atoms with Crippen molar-refractivity contribution < 1.29 is 22.8 Å². The molecule has 0 saturated carbocycles. The Morgan fingerprint density at radius 3 is 2.70 bits per heavy atom. The lowest BCUT2D eigenvalue weighted by atomic mass is 10.0. The summed E-state index contributed by atoms with van der Waals surface area (Å²) in [5.41, 5.74) is 2.88. The van der Waals surface area contributed by atoms with Crippen LogP contribution in [0.15, 0.2) is 40.9 Å². The molecule has 2 aromatic heterocycles. The predicted molar refractivity (Wildman–Crippen MR) is 150 cm³/mol. The molecule has 15 heteroatoms. The van der Waals surface area contributed by atoms with Gasteiger partial charge in [-0.1, -0.05) is 17.4 Å². The smallest absolute Gasteiger partial charge is 0.296 e. The minimum atomic E-state index is -4.04. The Morgan fingerprint density at radius 2 is 2.00 bits per heavy atom. The average Bonchev–Trinajstić information content (AvgIpc) is 3.49. The van der Waals surface area contributed by atoms with E-state index >= 15 is 0 Å². The molecule has 1 aromatic carbocycles. The van der Waals surface area contributed by atoms with Crippen LogP contribution in [0.2, 0.25) is 0 Å². The lowest BCUT2D eigenvalue weighted by molar-refractivity contribution is -0.384. The van der Waals surface area contributed by atoms with Crippen LogP contribution in [0.4, 0.5) is 16.5 Å². The zero-order valence-electron chi connectivity index (χ0n) is 22.2. The standard InChI is InChI=1S/C25H31N7O6S2/c1-17-4-3-9-26-24(17)38-19-7-10-30(11-8-19)21-5-6-22(18(2)23(21)32(33)34)40(35,36)28-14-20-15-31(12-13-37-20)25-29-27-16-39-25/h3-6,9,16,19-20,28H,7-8,10-15H2,1-2H3. The number of nitrogens with zero attached hydrogens (tertiary/aromatic N) is 6. The minimum absolute atomic E-state index is 0.0237. The molecule has 2 aliphatic heterocycles. The number of piperidine rings is 1. The van der Waals surface area contributed by atoms with Crippen molar-refractivity contribution in [3.05, 3.63) is 57.2 Å². The highest BCUT2D eigenvalue weighted by molar-refractivity contribution is 7.89. The van der Waals surface area contributed by atoms with Crippen molar-refractivity contribution in [3.63, 3.8) is 0 Å². The van der Waals surface area contributed by atoms with E-state index in [2.05, 4.69) is 19.9 Å². The summed E-state index contributed by atoms with van der Waals surface area (Å²) in [7, 11) is -4.04. The summed E-state index contributed by atoms with van der Waals surface area (Å²) >= 11 is 1.40. The highest BCUT2D eigenvalue weighted by Crippen LogP contribution is 2.37.